The second-order valence-electron chi connectivity index (χ2n) is 3.82. The molecule has 94 valence electrons. The van der Waals surface area contributed by atoms with Crippen molar-refractivity contribution in [1.29, 1.82) is 0 Å². The number of rotatable bonds is 8. The van der Waals surface area contributed by atoms with Gasteiger partial charge >= 0.3 is 0 Å². The third kappa shape index (κ3) is 5.29. The Bertz CT molecular complexity index is 341. The Morgan fingerprint density at radius 1 is 1.53 bits per heavy atom. The van der Waals surface area contributed by atoms with Crippen LogP contribution in [0.4, 0.5) is 0 Å². The number of thioether (sulfide) groups is 1. The Morgan fingerprint density at radius 3 is 3.06 bits per heavy atom. The van der Waals surface area contributed by atoms with Gasteiger partial charge in [0, 0.05) is 24.1 Å². The van der Waals surface area contributed by atoms with Crippen LogP contribution in [0, 0.1) is 0 Å². The molecule has 1 N–H and O–H groups in total. The summed E-state index contributed by atoms with van der Waals surface area (Å²) in [7, 11) is 1.70. The third-order valence-electron chi connectivity index (χ3n) is 2.53. The summed E-state index contributed by atoms with van der Waals surface area (Å²) in [5.41, 5.74) is 1.26. The summed E-state index contributed by atoms with van der Waals surface area (Å²) in [6.07, 6.45) is 1.94. The second-order valence-corrected chi connectivity index (χ2v) is 4.97. The maximum absolute atomic E-state index is 5.22. The monoisotopic (exact) mass is 251 g/mol. The first-order chi connectivity index (χ1) is 8.27. The van der Waals surface area contributed by atoms with Crippen molar-refractivity contribution >= 4 is 11.8 Å². The van der Waals surface area contributed by atoms with Crippen molar-refractivity contribution in [3.05, 3.63) is 42.5 Å². The lowest BCUT2D eigenvalue weighted by molar-refractivity contribution is 0.413. The summed E-state index contributed by atoms with van der Waals surface area (Å²) >= 11 is 1.89. The van der Waals surface area contributed by atoms with Gasteiger partial charge in [0.25, 0.3) is 0 Å². The van der Waals surface area contributed by atoms with E-state index in [0.717, 1.165) is 23.8 Å². The normalized spacial score (nSPS) is 12.1. The predicted octanol–water partition coefficient (Wildman–Crippen LogP) is 3.27. The van der Waals surface area contributed by atoms with E-state index in [0.29, 0.717) is 6.04 Å². The van der Waals surface area contributed by atoms with Gasteiger partial charge in [-0.15, -0.1) is 6.58 Å². The minimum Gasteiger partial charge on any atom is -0.497 e. The van der Waals surface area contributed by atoms with E-state index in [2.05, 4.69) is 31.0 Å². The van der Waals surface area contributed by atoms with Gasteiger partial charge in [-0.25, -0.2) is 0 Å². The molecule has 1 aromatic carbocycles. The second kappa shape index (κ2) is 8.20. The molecule has 1 unspecified atom stereocenters. The molecule has 0 saturated carbocycles. The molecular formula is C14H21NOS. The van der Waals surface area contributed by atoms with Gasteiger partial charge in [0.05, 0.1) is 7.11 Å². The predicted molar refractivity (Wildman–Crippen MR) is 76.9 cm³/mol. The average Bonchev–Trinajstić information content (AvgIpc) is 2.38. The molecule has 2 nitrogen and oxygen atoms in total. The molecule has 0 aliphatic rings. The average molecular weight is 251 g/mol. The molecule has 0 fully saturated rings. The van der Waals surface area contributed by atoms with Crippen LogP contribution >= 0.6 is 11.8 Å². The molecule has 0 amide bonds. The van der Waals surface area contributed by atoms with Gasteiger partial charge in [-0.1, -0.05) is 18.2 Å². The van der Waals surface area contributed by atoms with E-state index in [-0.39, 0.29) is 0 Å². The summed E-state index contributed by atoms with van der Waals surface area (Å²) in [5, 5.41) is 3.50. The number of ether oxygens (including phenoxy) is 1. The number of hydrogen-bond donors (Lipinski definition) is 1. The SMILES string of the molecule is C=CCSCCNC(C)c1cccc(OC)c1. The highest BCUT2D eigenvalue weighted by Gasteiger charge is 2.04. The summed E-state index contributed by atoms with van der Waals surface area (Å²) in [5.74, 6) is 3.05. The van der Waals surface area contributed by atoms with Crippen molar-refractivity contribution in [3.63, 3.8) is 0 Å². The maximum atomic E-state index is 5.22. The Kier molecular flexibility index (Phi) is 6.82. The van der Waals surface area contributed by atoms with Crippen LogP contribution in [0.25, 0.3) is 0 Å². The fourth-order valence-corrected chi connectivity index (χ4v) is 2.14. The van der Waals surface area contributed by atoms with Gasteiger partial charge in [0.15, 0.2) is 0 Å². The van der Waals surface area contributed by atoms with Gasteiger partial charge in [-0.2, -0.15) is 11.8 Å². The number of hydrogen-bond acceptors (Lipinski definition) is 3. The molecule has 1 aromatic rings. The van der Waals surface area contributed by atoms with Crippen molar-refractivity contribution in [1.82, 2.24) is 5.32 Å². The molecule has 0 spiro atoms. The van der Waals surface area contributed by atoms with Gasteiger partial charge in [-0.05, 0) is 24.6 Å². The summed E-state index contributed by atoms with van der Waals surface area (Å²) < 4.78 is 5.22. The van der Waals surface area contributed by atoms with E-state index in [4.69, 9.17) is 4.74 Å². The van der Waals surface area contributed by atoms with Crippen LogP contribution in [0.3, 0.4) is 0 Å². The minimum atomic E-state index is 0.356. The molecule has 0 aliphatic heterocycles. The standard InChI is InChI=1S/C14H21NOS/c1-4-9-17-10-8-15-12(2)13-6-5-7-14(11-13)16-3/h4-7,11-12,15H,1,8-10H2,2-3H3. The van der Waals surface area contributed by atoms with E-state index in [1.165, 1.54) is 5.56 Å². The van der Waals surface area contributed by atoms with Crippen molar-refractivity contribution in [3.8, 4) is 5.75 Å². The highest BCUT2D eigenvalue weighted by molar-refractivity contribution is 7.99. The van der Waals surface area contributed by atoms with Crippen LogP contribution in [0.2, 0.25) is 0 Å². The van der Waals surface area contributed by atoms with Crippen LogP contribution < -0.4 is 10.1 Å². The topological polar surface area (TPSA) is 21.3 Å². The van der Waals surface area contributed by atoms with Crippen LogP contribution in [0.5, 0.6) is 5.75 Å². The van der Waals surface area contributed by atoms with E-state index < -0.39 is 0 Å². The first kappa shape index (κ1) is 14.1. The Morgan fingerprint density at radius 2 is 2.35 bits per heavy atom. The zero-order valence-corrected chi connectivity index (χ0v) is 11.4. The van der Waals surface area contributed by atoms with E-state index >= 15 is 0 Å². The quantitative estimate of drug-likeness (QED) is 0.566. The van der Waals surface area contributed by atoms with Crippen molar-refractivity contribution < 1.29 is 4.74 Å². The third-order valence-corrected chi connectivity index (χ3v) is 3.49. The number of benzene rings is 1. The smallest absolute Gasteiger partial charge is 0.119 e. The molecule has 3 heteroatoms. The molecule has 0 heterocycles. The van der Waals surface area contributed by atoms with Crippen LogP contribution in [0.1, 0.15) is 18.5 Å². The highest BCUT2D eigenvalue weighted by Crippen LogP contribution is 2.18. The summed E-state index contributed by atoms with van der Waals surface area (Å²) in [6, 6.07) is 8.55. The van der Waals surface area contributed by atoms with E-state index in [1.54, 1.807) is 7.11 Å². The van der Waals surface area contributed by atoms with Crippen molar-refractivity contribution in [2.24, 2.45) is 0 Å². The van der Waals surface area contributed by atoms with Gasteiger partial charge in [-0.3, -0.25) is 0 Å². The summed E-state index contributed by atoms with van der Waals surface area (Å²) in [6.45, 7) is 6.89. The Balaban J connectivity index is 2.35. The first-order valence-corrected chi connectivity index (χ1v) is 6.99. The molecule has 0 bridgehead atoms. The molecule has 17 heavy (non-hydrogen) atoms. The lowest BCUT2D eigenvalue weighted by Gasteiger charge is -2.14. The maximum Gasteiger partial charge on any atom is 0.119 e. The fourth-order valence-electron chi connectivity index (χ4n) is 1.54. The largest absolute Gasteiger partial charge is 0.497 e. The van der Waals surface area contributed by atoms with Gasteiger partial charge in [0.2, 0.25) is 0 Å². The first-order valence-electron chi connectivity index (χ1n) is 5.84. The molecule has 1 atom stereocenters. The van der Waals surface area contributed by atoms with E-state index in [9.17, 15) is 0 Å². The fraction of sp³-hybridized carbons (Fsp3) is 0.429. The molecule has 0 aliphatic carbocycles. The lowest BCUT2D eigenvalue weighted by Crippen LogP contribution is -2.21. The van der Waals surface area contributed by atoms with Crippen molar-refractivity contribution in [2.45, 2.75) is 13.0 Å². The molecular weight excluding hydrogens is 230 g/mol. The minimum absolute atomic E-state index is 0.356. The van der Waals surface area contributed by atoms with Gasteiger partial charge in [0.1, 0.15) is 5.75 Å². The van der Waals surface area contributed by atoms with Crippen LogP contribution in [0.15, 0.2) is 36.9 Å². The molecule has 1 rings (SSSR count). The van der Waals surface area contributed by atoms with Crippen LogP contribution in [-0.2, 0) is 0 Å². The highest BCUT2D eigenvalue weighted by atomic mass is 32.2. The molecule has 0 radical (unpaired) electrons. The molecule has 0 saturated heterocycles. The zero-order valence-electron chi connectivity index (χ0n) is 10.6. The summed E-state index contributed by atoms with van der Waals surface area (Å²) in [4.78, 5) is 0. The van der Waals surface area contributed by atoms with Crippen LogP contribution in [-0.4, -0.2) is 25.2 Å². The van der Waals surface area contributed by atoms with Gasteiger partial charge < -0.3 is 10.1 Å². The zero-order chi connectivity index (χ0) is 12.5. The lowest BCUT2D eigenvalue weighted by atomic mass is 10.1. The van der Waals surface area contributed by atoms with Crippen molar-refractivity contribution in [2.75, 3.05) is 25.2 Å². The Labute approximate surface area is 108 Å². The Hall–Kier alpha value is -0.930. The number of nitrogens with one attached hydrogen (secondary N) is 1. The van der Waals surface area contributed by atoms with E-state index in [1.807, 2.05) is 30.0 Å². The number of methoxy groups -OCH3 is 1. The molecule has 0 aromatic heterocycles.